The summed E-state index contributed by atoms with van der Waals surface area (Å²) in [5.74, 6) is -4.40. The van der Waals surface area contributed by atoms with Gasteiger partial charge in [-0.3, -0.25) is 4.98 Å². The van der Waals surface area contributed by atoms with Crippen LogP contribution in [-0.4, -0.2) is 20.4 Å². The van der Waals surface area contributed by atoms with Crippen molar-refractivity contribution in [1.29, 1.82) is 5.26 Å². The quantitative estimate of drug-likeness (QED) is 0.203. The Morgan fingerprint density at radius 2 is 1.76 bits per heavy atom. The average molecular weight is 540 g/mol. The van der Waals surface area contributed by atoms with Crippen molar-refractivity contribution in [3.05, 3.63) is 105 Å². The number of nitriles is 1. The maximum Gasteiger partial charge on any atom is 0.196 e. The van der Waals surface area contributed by atoms with Gasteiger partial charge in [-0.1, -0.05) is 35.3 Å². The SMILES string of the molecule is N#Cc1cnc2c(Cl)cc(NC(c3ccc(Cl)cc3)c3cn[nH]n3)cc2c1Nc1ccc(F)c(F)c1F. The first-order valence-electron chi connectivity index (χ1n) is 10.7. The fourth-order valence-corrected chi connectivity index (χ4v) is 4.21. The predicted octanol–water partition coefficient (Wildman–Crippen LogP) is 6.89. The van der Waals surface area contributed by atoms with Crippen LogP contribution in [0.3, 0.4) is 0 Å². The Kier molecular flexibility index (Phi) is 6.56. The third-order valence-electron chi connectivity index (χ3n) is 5.58. The van der Waals surface area contributed by atoms with E-state index in [1.54, 1.807) is 30.5 Å². The first kappa shape index (κ1) is 24.4. The van der Waals surface area contributed by atoms with Gasteiger partial charge < -0.3 is 10.6 Å². The normalized spacial score (nSPS) is 11.8. The van der Waals surface area contributed by atoms with Crippen molar-refractivity contribution in [2.24, 2.45) is 0 Å². The van der Waals surface area contributed by atoms with Crippen molar-refractivity contribution in [3.63, 3.8) is 0 Å². The van der Waals surface area contributed by atoms with Crippen LogP contribution in [0.25, 0.3) is 10.9 Å². The van der Waals surface area contributed by atoms with E-state index in [-0.39, 0.29) is 22.0 Å². The van der Waals surface area contributed by atoms with Crippen LogP contribution < -0.4 is 10.6 Å². The number of pyridine rings is 1. The molecule has 1 atom stereocenters. The molecular weight excluding hydrogens is 526 g/mol. The molecule has 3 N–H and O–H groups in total. The monoisotopic (exact) mass is 539 g/mol. The second kappa shape index (κ2) is 9.97. The molecule has 12 heteroatoms. The number of aromatic nitrogens is 4. The van der Waals surface area contributed by atoms with Gasteiger partial charge in [0.05, 0.1) is 39.7 Å². The van der Waals surface area contributed by atoms with E-state index in [4.69, 9.17) is 23.2 Å². The van der Waals surface area contributed by atoms with Gasteiger partial charge in [-0.15, -0.1) is 0 Å². The summed E-state index contributed by atoms with van der Waals surface area (Å²) in [5, 5.41) is 27.5. The number of nitrogens with one attached hydrogen (secondary N) is 3. The van der Waals surface area contributed by atoms with Crippen LogP contribution in [0.5, 0.6) is 0 Å². The van der Waals surface area contributed by atoms with Crippen LogP contribution in [0.15, 0.2) is 60.9 Å². The number of nitrogens with zero attached hydrogens (tertiary/aromatic N) is 4. The Labute approximate surface area is 217 Å². The molecule has 0 amide bonds. The molecule has 37 heavy (non-hydrogen) atoms. The van der Waals surface area contributed by atoms with Crippen LogP contribution in [0, 0.1) is 28.8 Å². The molecule has 3 aromatic carbocycles. The molecular formula is C25H14Cl2F3N7. The Balaban J connectivity index is 1.63. The minimum atomic E-state index is -1.64. The zero-order chi connectivity index (χ0) is 26.1. The van der Waals surface area contributed by atoms with E-state index < -0.39 is 23.5 Å². The first-order chi connectivity index (χ1) is 17.9. The number of H-pyrrole nitrogens is 1. The lowest BCUT2D eigenvalue weighted by molar-refractivity contribution is 0.449. The van der Waals surface area contributed by atoms with Crippen LogP contribution in [0.1, 0.15) is 22.9 Å². The molecule has 0 bridgehead atoms. The zero-order valence-electron chi connectivity index (χ0n) is 18.5. The summed E-state index contributed by atoms with van der Waals surface area (Å²) >= 11 is 12.6. The highest BCUT2D eigenvalue weighted by Crippen LogP contribution is 2.37. The minimum absolute atomic E-state index is 0.0376. The third-order valence-corrected chi connectivity index (χ3v) is 6.12. The molecule has 0 aliphatic carbocycles. The maximum absolute atomic E-state index is 14.4. The van der Waals surface area contributed by atoms with Gasteiger partial charge in [-0.05, 0) is 42.0 Å². The van der Waals surface area contributed by atoms with Crippen LogP contribution in [0.4, 0.5) is 30.2 Å². The number of halogens is 5. The molecule has 0 aliphatic rings. The Morgan fingerprint density at radius 3 is 2.46 bits per heavy atom. The number of aromatic amines is 1. The van der Waals surface area contributed by atoms with E-state index in [0.717, 1.165) is 17.7 Å². The average Bonchev–Trinajstić information content (AvgIpc) is 3.43. The molecule has 0 aliphatic heterocycles. The van der Waals surface area contributed by atoms with E-state index in [1.165, 1.54) is 6.20 Å². The number of fused-ring (bicyclic) bond motifs is 1. The third kappa shape index (κ3) is 4.74. The second-order valence-corrected chi connectivity index (χ2v) is 8.73. The second-order valence-electron chi connectivity index (χ2n) is 7.88. The Morgan fingerprint density at radius 1 is 0.973 bits per heavy atom. The van der Waals surface area contributed by atoms with Gasteiger partial charge in [-0.25, -0.2) is 13.2 Å². The molecule has 184 valence electrons. The van der Waals surface area contributed by atoms with E-state index in [9.17, 15) is 18.4 Å². The summed E-state index contributed by atoms with van der Waals surface area (Å²) in [6, 6.07) is 13.7. The van der Waals surface area contributed by atoms with Crippen molar-refractivity contribution in [2.75, 3.05) is 10.6 Å². The maximum atomic E-state index is 14.4. The van der Waals surface area contributed by atoms with Crippen molar-refractivity contribution in [1.82, 2.24) is 20.4 Å². The van der Waals surface area contributed by atoms with Crippen molar-refractivity contribution < 1.29 is 13.2 Å². The predicted molar refractivity (Wildman–Crippen MR) is 134 cm³/mol. The van der Waals surface area contributed by atoms with Gasteiger partial charge in [0.2, 0.25) is 0 Å². The molecule has 5 aromatic rings. The molecule has 7 nitrogen and oxygen atoms in total. The number of benzene rings is 3. The molecule has 1 unspecified atom stereocenters. The van der Waals surface area contributed by atoms with Crippen LogP contribution >= 0.6 is 23.2 Å². The molecule has 0 spiro atoms. The molecule has 0 radical (unpaired) electrons. The number of hydrogen-bond donors (Lipinski definition) is 3. The van der Waals surface area contributed by atoms with Gasteiger partial charge in [-0.2, -0.15) is 20.7 Å². The van der Waals surface area contributed by atoms with Gasteiger partial charge >= 0.3 is 0 Å². The summed E-state index contributed by atoms with van der Waals surface area (Å²) in [6.45, 7) is 0. The fraction of sp³-hybridized carbons (Fsp3) is 0.0400. The summed E-state index contributed by atoms with van der Waals surface area (Å²) in [7, 11) is 0. The molecule has 5 rings (SSSR count). The zero-order valence-corrected chi connectivity index (χ0v) is 20.0. The van der Waals surface area contributed by atoms with E-state index in [0.29, 0.717) is 27.3 Å². The molecule has 0 saturated heterocycles. The van der Waals surface area contributed by atoms with Crippen LogP contribution in [-0.2, 0) is 0 Å². The highest BCUT2D eigenvalue weighted by Gasteiger charge is 2.21. The number of hydrogen-bond acceptors (Lipinski definition) is 6. The Hall–Kier alpha value is -4.33. The summed E-state index contributed by atoms with van der Waals surface area (Å²) < 4.78 is 41.8. The number of rotatable bonds is 6. The molecule has 2 heterocycles. The lowest BCUT2D eigenvalue weighted by Gasteiger charge is -2.20. The van der Waals surface area contributed by atoms with Gasteiger partial charge in [0, 0.05) is 22.3 Å². The van der Waals surface area contributed by atoms with Crippen LogP contribution in [0.2, 0.25) is 10.0 Å². The summed E-state index contributed by atoms with van der Waals surface area (Å²) in [4.78, 5) is 4.25. The van der Waals surface area contributed by atoms with Crippen molar-refractivity contribution in [2.45, 2.75) is 6.04 Å². The lowest BCUT2D eigenvalue weighted by Crippen LogP contribution is -2.13. The van der Waals surface area contributed by atoms with E-state index in [2.05, 4.69) is 31.0 Å². The topological polar surface area (TPSA) is 102 Å². The molecule has 2 aromatic heterocycles. The fourth-order valence-electron chi connectivity index (χ4n) is 3.82. The van der Waals surface area contributed by atoms with Gasteiger partial charge in [0.1, 0.15) is 11.8 Å². The minimum Gasteiger partial charge on any atom is -0.373 e. The standard InChI is InChI=1S/C25H14Cl2F3N7/c26-14-3-1-12(2-4-14)24(20-11-33-37-36-20)34-15-7-16-23(13(9-31)10-32-25(16)17(27)8-15)35-19-6-5-18(28)21(29)22(19)30/h1-8,10-11,24,34H,(H,32,35)(H,33,36,37). The smallest absolute Gasteiger partial charge is 0.196 e. The molecule has 0 fully saturated rings. The lowest BCUT2D eigenvalue weighted by atomic mass is 10.0. The first-order valence-corrected chi connectivity index (χ1v) is 11.4. The van der Waals surface area contributed by atoms with E-state index in [1.807, 2.05) is 18.2 Å². The highest BCUT2D eigenvalue weighted by molar-refractivity contribution is 6.36. The van der Waals surface area contributed by atoms with Gasteiger partial charge in [0.25, 0.3) is 0 Å². The van der Waals surface area contributed by atoms with Gasteiger partial charge in [0.15, 0.2) is 17.5 Å². The highest BCUT2D eigenvalue weighted by atomic mass is 35.5. The Bertz CT molecular complexity index is 1650. The van der Waals surface area contributed by atoms with Crippen molar-refractivity contribution in [3.8, 4) is 6.07 Å². The summed E-state index contributed by atoms with van der Waals surface area (Å²) in [6.07, 6.45) is 2.82. The largest absolute Gasteiger partial charge is 0.373 e. The van der Waals surface area contributed by atoms with E-state index >= 15 is 0 Å². The number of anilines is 3. The van der Waals surface area contributed by atoms with Crippen molar-refractivity contribution >= 4 is 51.2 Å². The molecule has 0 saturated carbocycles. The summed E-state index contributed by atoms with van der Waals surface area (Å²) in [5.41, 5.74) is 2.00.